The topological polar surface area (TPSA) is 135 Å². The van der Waals surface area contributed by atoms with Crippen molar-refractivity contribution in [3.8, 4) is 0 Å². The molecule has 2 aliphatic heterocycles. The summed E-state index contributed by atoms with van der Waals surface area (Å²) in [4.78, 5) is 60.0. The molecule has 0 aliphatic carbocycles. The highest BCUT2D eigenvalue weighted by atomic mass is 35.5. The summed E-state index contributed by atoms with van der Waals surface area (Å²) in [5.41, 5.74) is 2.12. The zero-order valence-corrected chi connectivity index (χ0v) is 23.9. The van der Waals surface area contributed by atoms with E-state index < -0.39 is 17.4 Å². The number of hydrogen-bond donors (Lipinski definition) is 3. The third kappa shape index (κ3) is 5.98. The van der Waals surface area contributed by atoms with Crippen LogP contribution in [-0.2, 0) is 16.8 Å². The van der Waals surface area contributed by atoms with Gasteiger partial charge in [0.1, 0.15) is 4.34 Å². The Bertz CT molecular complexity index is 1480. The zero-order valence-electron chi connectivity index (χ0n) is 22.3. The smallest absolute Gasteiger partial charge is 0.328 e. The number of rotatable bonds is 7. The number of nitrogens with zero attached hydrogens (tertiary/aromatic N) is 4. The molecule has 41 heavy (non-hydrogen) atoms. The van der Waals surface area contributed by atoms with E-state index in [2.05, 4.69) is 15.6 Å². The highest BCUT2D eigenvalue weighted by molar-refractivity contribution is 7.19. The third-order valence-corrected chi connectivity index (χ3v) is 8.49. The molecule has 2 aliphatic rings. The monoisotopic (exact) mass is 596 g/mol. The average Bonchev–Trinajstić information content (AvgIpc) is 3.68. The number of hydrogen-bond acceptors (Lipinski definition) is 6. The number of aliphatic carboxylic acids is 1. The molecule has 3 N–H and O–H groups in total. The van der Waals surface area contributed by atoms with Crippen LogP contribution in [0.4, 0.5) is 20.4 Å². The Morgan fingerprint density at radius 2 is 1.90 bits per heavy atom. The SMILES string of the molecule is CNC(=O)N1CCC2(C1)CN(C(=O)Nc1ncc(Cl)s1)c1ccc(C(=O)N(CCC(=O)O)Cc3ccccc3)cc12. The molecule has 3 heterocycles. The molecule has 13 heteroatoms. The van der Waals surface area contributed by atoms with Crippen LogP contribution in [0.25, 0.3) is 0 Å². The predicted octanol–water partition coefficient (Wildman–Crippen LogP) is 4.25. The van der Waals surface area contributed by atoms with E-state index in [1.807, 2.05) is 30.3 Å². The molecule has 1 unspecified atom stereocenters. The quantitative estimate of drug-likeness (QED) is 0.373. The summed E-state index contributed by atoms with van der Waals surface area (Å²) < 4.78 is 0.446. The van der Waals surface area contributed by atoms with Crippen LogP contribution in [0, 0.1) is 0 Å². The molecule has 11 nitrogen and oxygen atoms in total. The maximum absolute atomic E-state index is 13.8. The number of carbonyl (C=O) groups excluding carboxylic acids is 3. The Kier molecular flexibility index (Phi) is 8.13. The lowest BCUT2D eigenvalue weighted by molar-refractivity contribution is -0.137. The van der Waals surface area contributed by atoms with E-state index in [0.717, 1.165) is 22.5 Å². The number of carboxylic acid groups (broad SMARTS) is 1. The Hall–Kier alpha value is -4.16. The number of fused-ring (bicyclic) bond motifs is 2. The zero-order chi connectivity index (χ0) is 29.1. The fraction of sp³-hybridized carbons (Fsp3) is 0.321. The van der Waals surface area contributed by atoms with Crippen molar-refractivity contribution in [1.29, 1.82) is 0 Å². The van der Waals surface area contributed by atoms with Crippen LogP contribution in [0.3, 0.4) is 0 Å². The number of carbonyl (C=O) groups is 4. The van der Waals surface area contributed by atoms with Crippen molar-refractivity contribution in [3.05, 3.63) is 75.8 Å². The minimum Gasteiger partial charge on any atom is -0.481 e. The molecule has 2 aromatic carbocycles. The summed E-state index contributed by atoms with van der Waals surface area (Å²) in [5, 5.41) is 15.1. The van der Waals surface area contributed by atoms with E-state index in [0.29, 0.717) is 46.8 Å². The number of amides is 5. The number of aromatic nitrogens is 1. The molecule has 5 amide bonds. The first-order valence-electron chi connectivity index (χ1n) is 13.0. The minimum atomic E-state index is -0.993. The van der Waals surface area contributed by atoms with Crippen molar-refractivity contribution in [2.45, 2.75) is 24.8 Å². The first-order valence-corrected chi connectivity index (χ1v) is 14.2. The lowest BCUT2D eigenvalue weighted by atomic mass is 9.81. The van der Waals surface area contributed by atoms with Crippen molar-refractivity contribution >= 4 is 57.7 Å². The fourth-order valence-electron chi connectivity index (χ4n) is 5.48. The van der Waals surface area contributed by atoms with Crippen molar-refractivity contribution < 1.29 is 24.3 Å². The van der Waals surface area contributed by atoms with Crippen molar-refractivity contribution in [1.82, 2.24) is 20.1 Å². The van der Waals surface area contributed by atoms with Gasteiger partial charge in [-0.3, -0.25) is 19.8 Å². The number of anilines is 2. The van der Waals surface area contributed by atoms with Gasteiger partial charge in [-0.25, -0.2) is 14.6 Å². The highest BCUT2D eigenvalue weighted by Gasteiger charge is 2.50. The molecular formula is C28H29ClN6O5S. The summed E-state index contributed by atoms with van der Waals surface area (Å²) in [6.45, 7) is 1.47. The molecule has 3 aromatic rings. The molecular weight excluding hydrogens is 568 g/mol. The molecule has 0 radical (unpaired) electrons. The second-order valence-electron chi connectivity index (χ2n) is 10.1. The minimum absolute atomic E-state index is 0.0423. The van der Waals surface area contributed by atoms with Gasteiger partial charge in [-0.2, -0.15) is 0 Å². The normalized spacial score (nSPS) is 17.4. The van der Waals surface area contributed by atoms with Gasteiger partial charge < -0.3 is 20.2 Å². The number of halogens is 1. The second-order valence-corrected chi connectivity index (χ2v) is 11.7. The number of nitrogens with one attached hydrogen (secondary N) is 2. The van der Waals surface area contributed by atoms with Crippen LogP contribution < -0.4 is 15.5 Å². The van der Waals surface area contributed by atoms with Gasteiger partial charge in [0.15, 0.2) is 5.13 Å². The first kappa shape index (κ1) is 28.4. The van der Waals surface area contributed by atoms with Crippen LogP contribution in [-0.4, -0.2) is 77.1 Å². The van der Waals surface area contributed by atoms with E-state index in [9.17, 15) is 24.3 Å². The van der Waals surface area contributed by atoms with Gasteiger partial charge in [0.2, 0.25) is 0 Å². The molecule has 1 fully saturated rings. The number of thiazole rings is 1. The van der Waals surface area contributed by atoms with E-state index in [1.165, 1.54) is 11.1 Å². The van der Waals surface area contributed by atoms with Gasteiger partial charge in [0.05, 0.1) is 12.6 Å². The second kappa shape index (κ2) is 11.8. The largest absolute Gasteiger partial charge is 0.481 e. The number of carboxylic acids is 1. The molecule has 1 atom stereocenters. The van der Waals surface area contributed by atoms with Gasteiger partial charge in [-0.15, -0.1) is 0 Å². The Morgan fingerprint density at radius 3 is 2.59 bits per heavy atom. The van der Waals surface area contributed by atoms with Gasteiger partial charge in [-0.05, 0) is 35.7 Å². The van der Waals surface area contributed by atoms with Crippen LogP contribution in [0.15, 0.2) is 54.7 Å². The summed E-state index contributed by atoms with van der Waals surface area (Å²) in [5.74, 6) is -1.30. The van der Waals surface area contributed by atoms with Crippen LogP contribution in [0.2, 0.25) is 4.34 Å². The fourth-order valence-corrected chi connectivity index (χ4v) is 6.28. The van der Waals surface area contributed by atoms with Crippen LogP contribution in [0.5, 0.6) is 0 Å². The number of urea groups is 2. The Morgan fingerprint density at radius 1 is 1.12 bits per heavy atom. The molecule has 1 saturated heterocycles. The van der Waals surface area contributed by atoms with E-state index in [1.54, 1.807) is 35.0 Å². The lowest BCUT2D eigenvalue weighted by Crippen LogP contribution is -2.43. The molecule has 214 valence electrons. The van der Waals surface area contributed by atoms with E-state index in [-0.39, 0.29) is 31.4 Å². The highest BCUT2D eigenvalue weighted by Crippen LogP contribution is 2.47. The van der Waals surface area contributed by atoms with E-state index in [4.69, 9.17) is 11.6 Å². The van der Waals surface area contributed by atoms with Gasteiger partial charge in [-0.1, -0.05) is 53.3 Å². The van der Waals surface area contributed by atoms with Crippen molar-refractivity contribution in [2.75, 3.05) is 43.4 Å². The molecule has 1 aromatic heterocycles. The number of benzene rings is 2. The van der Waals surface area contributed by atoms with Crippen molar-refractivity contribution in [3.63, 3.8) is 0 Å². The van der Waals surface area contributed by atoms with Crippen LogP contribution >= 0.6 is 22.9 Å². The van der Waals surface area contributed by atoms with Gasteiger partial charge in [0, 0.05) is 56.4 Å². The molecule has 0 saturated carbocycles. The summed E-state index contributed by atoms with van der Waals surface area (Å²) in [6, 6.07) is 14.0. The average molecular weight is 597 g/mol. The summed E-state index contributed by atoms with van der Waals surface area (Å²) >= 11 is 7.13. The standard InChI is InChI=1S/C28H29ClN6O5S/c1-30-26(39)34-12-10-28(16-34)17-35(27(40)32-25-31-14-22(29)41-25)21-8-7-19(13-20(21)28)24(38)33(11-9-23(36)37)15-18-5-3-2-4-6-18/h2-8,13-14H,9-12,15-17H2,1H3,(H,30,39)(H,36,37)(H,31,32,40). The maximum atomic E-state index is 13.8. The molecule has 5 rings (SSSR count). The summed E-state index contributed by atoms with van der Waals surface area (Å²) in [6.07, 6.45) is 1.87. The van der Waals surface area contributed by atoms with Crippen LogP contribution in [0.1, 0.15) is 34.3 Å². The van der Waals surface area contributed by atoms with Gasteiger partial charge in [0.25, 0.3) is 5.91 Å². The third-order valence-electron chi connectivity index (χ3n) is 7.46. The first-order chi connectivity index (χ1) is 19.7. The lowest BCUT2D eigenvalue weighted by Gasteiger charge is -2.26. The van der Waals surface area contributed by atoms with Gasteiger partial charge >= 0.3 is 18.0 Å². The molecule has 1 spiro atoms. The number of likely N-dealkylation sites (tertiary alicyclic amines) is 1. The predicted molar refractivity (Wildman–Crippen MR) is 156 cm³/mol. The summed E-state index contributed by atoms with van der Waals surface area (Å²) in [7, 11) is 1.57. The van der Waals surface area contributed by atoms with Crippen molar-refractivity contribution in [2.24, 2.45) is 0 Å². The maximum Gasteiger partial charge on any atom is 0.328 e. The van der Waals surface area contributed by atoms with E-state index >= 15 is 0 Å². The Balaban J connectivity index is 1.48. The Labute approximate surface area is 245 Å². The molecule has 0 bridgehead atoms.